The number of amides is 2. The number of carbonyl (C=O) groups excluding carboxylic acids is 2. The highest BCUT2D eigenvalue weighted by molar-refractivity contribution is 6.33. The third-order valence-electron chi connectivity index (χ3n) is 5.59. The van der Waals surface area contributed by atoms with E-state index < -0.39 is 11.9 Å². The molecule has 0 fully saturated rings. The molecule has 0 saturated heterocycles. The Morgan fingerprint density at radius 3 is 2.86 bits per heavy atom. The maximum absolute atomic E-state index is 13.3. The van der Waals surface area contributed by atoms with Crippen LogP contribution < -0.4 is 21.8 Å². The molecule has 10 nitrogen and oxygen atoms in total. The highest BCUT2D eigenvalue weighted by Crippen LogP contribution is 2.32. The molecule has 2 aliphatic rings. The fourth-order valence-electron chi connectivity index (χ4n) is 3.89. The summed E-state index contributed by atoms with van der Waals surface area (Å²) in [5, 5.41) is 6.74. The number of nitrogens with two attached hydrogens (primary N) is 1. The van der Waals surface area contributed by atoms with E-state index >= 15 is 0 Å². The summed E-state index contributed by atoms with van der Waals surface area (Å²) in [6.07, 6.45) is 6.73. The van der Waals surface area contributed by atoms with Gasteiger partial charge in [0.15, 0.2) is 0 Å². The van der Waals surface area contributed by atoms with Crippen molar-refractivity contribution in [2.24, 2.45) is 5.73 Å². The molecule has 2 aromatic rings. The molecule has 3 heterocycles. The second-order valence-electron chi connectivity index (χ2n) is 9.34. The Balaban J connectivity index is 1.55. The summed E-state index contributed by atoms with van der Waals surface area (Å²) in [5.74, 6) is -0.436. The summed E-state index contributed by atoms with van der Waals surface area (Å²) >= 11 is 6.40. The van der Waals surface area contributed by atoms with Crippen LogP contribution in [0.15, 0.2) is 48.6 Å². The van der Waals surface area contributed by atoms with Gasteiger partial charge in [0.25, 0.3) is 5.91 Å². The van der Waals surface area contributed by atoms with E-state index in [-0.39, 0.29) is 11.4 Å². The molecule has 0 saturated carbocycles. The number of allylic oxidation sites excluding steroid dienone is 1. The average Bonchev–Trinajstić information content (AvgIpc) is 3.13. The molecule has 35 heavy (non-hydrogen) atoms. The van der Waals surface area contributed by atoms with E-state index in [1.54, 1.807) is 18.3 Å². The Morgan fingerprint density at radius 1 is 1.37 bits per heavy atom. The molecule has 5 N–H and O–H groups in total. The third-order valence-corrected chi connectivity index (χ3v) is 5.87. The summed E-state index contributed by atoms with van der Waals surface area (Å²) < 4.78 is 0. The molecule has 2 aliphatic heterocycles. The Labute approximate surface area is 208 Å². The van der Waals surface area contributed by atoms with Crippen LogP contribution in [0.25, 0.3) is 11.3 Å². The highest BCUT2D eigenvalue weighted by Gasteiger charge is 2.35. The normalized spacial score (nSPS) is 15.7. The lowest BCUT2D eigenvalue weighted by atomic mass is 10.0. The summed E-state index contributed by atoms with van der Waals surface area (Å²) in [5.41, 5.74) is 11.3. The Bertz CT molecular complexity index is 1210. The third kappa shape index (κ3) is 5.72. The number of rotatable bonds is 8. The molecule has 0 spiro atoms. The molecule has 184 valence electrons. The van der Waals surface area contributed by atoms with Gasteiger partial charge in [0.1, 0.15) is 12.3 Å². The molecule has 0 aliphatic carbocycles. The van der Waals surface area contributed by atoms with Gasteiger partial charge in [-0.1, -0.05) is 23.7 Å². The first-order valence-electron chi connectivity index (χ1n) is 11.2. The second-order valence-corrected chi connectivity index (χ2v) is 9.75. The first-order chi connectivity index (χ1) is 16.6. The van der Waals surface area contributed by atoms with Crippen LogP contribution in [0.5, 0.6) is 0 Å². The molecule has 2 amide bonds. The van der Waals surface area contributed by atoms with Crippen molar-refractivity contribution in [2.75, 3.05) is 11.9 Å². The molecule has 0 radical (unpaired) electrons. The number of anilines is 1. The second kappa shape index (κ2) is 9.93. The van der Waals surface area contributed by atoms with Gasteiger partial charge in [0.2, 0.25) is 11.9 Å². The van der Waals surface area contributed by atoms with Crippen LogP contribution in [0.4, 0.5) is 5.95 Å². The van der Waals surface area contributed by atoms with Gasteiger partial charge in [-0.2, -0.15) is 0 Å². The predicted molar refractivity (Wildman–Crippen MR) is 133 cm³/mol. The standard InChI is InChI=1S/C24H28ClN7O3/c1-24(2,3)28-8-6-19(21(26)33)32-13-15-5-4-14(10-17(15)22(32)34)20-18(25)12-27-23(31-20)30-16-7-9-35-29-11-16/h4-5,7,9-12,19,28-29H,6,8,13H2,1-3H3,(H2,26,33)(H,27,30,31). The number of nitrogens with zero attached hydrogens (tertiary/aromatic N) is 3. The average molecular weight is 498 g/mol. The van der Waals surface area contributed by atoms with E-state index in [9.17, 15) is 9.59 Å². The number of benzene rings is 1. The van der Waals surface area contributed by atoms with Crippen molar-refractivity contribution < 1.29 is 14.4 Å². The number of fused-ring (bicyclic) bond motifs is 1. The Morgan fingerprint density at radius 2 is 2.17 bits per heavy atom. The van der Waals surface area contributed by atoms with Gasteiger partial charge >= 0.3 is 0 Å². The predicted octanol–water partition coefficient (Wildman–Crippen LogP) is 2.69. The molecule has 0 bridgehead atoms. The minimum Gasteiger partial charge on any atom is -0.390 e. The lowest BCUT2D eigenvalue weighted by Crippen LogP contribution is -2.47. The molecular formula is C24H28ClN7O3. The van der Waals surface area contributed by atoms with E-state index in [0.29, 0.717) is 53.0 Å². The zero-order valence-electron chi connectivity index (χ0n) is 19.8. The van der Waals surface area contributed by atoms with Crippen LogP contribution in [0.3, 0.4) is 0 Å². The smallest absolute Gasteiger partial charge is 0.255 e. The summed E-state index contributed by atoms with van der Waals surface area (Å²) in [4.78, 5) is 40.7. The van der Waals surface area contributed by atoms with Crippen molar-refractivity contribution in [3.05, 3.63) is 64.8 Å². The van der Waals surface area contributed by atoms with E-state index in [2.05, 4.69) is 26.1 Å². The van der Waals surface area contributed by atoms with Crippen LogP contribution in [-0.2, 0) is 16.2 Å². The number of primary amides is 1. The van der Waals surface area contributed by atoms with Crippen molar-refractivity contribution in [1.82, 2.24) is 25.7 Å². The van der Waals surface area contributed by atoms with Gasteiger partial charge in [-0.3, -0.25) is 9.59 Å². The number of hydroxylamine groups is 1. The van der Waals surface area contributed by atoms with Crippen LogP contribution in [0.1, 0.15) is 43.1 Å². The van der Waals surface area contributed by atoms with Crippen LogP contribution in [0, 0.1) is 0 Å². The summed E-state index contributed by atoms with van der Waals surface area (Å²) in [6.45, 7) is 6.99. The minimum absolute atomic E-state index is 0.103. The minimum atomic E-state index is -0.707. The maximum atomic E-state index is 13.3. The number of aromatic nitrogens is 2. The number of halogens is 1. The van der Waals surface area contributed by atoms with Crippen molar-refractivity contribution >= 4 is 29.4 Å². The van der Waals surface area contributed by atoms with Crippen LogP contribution >= 0.6 is 11.6 Å². The number of hydrogen-bond acceptors (Lipinski definition) is 8. The first kappa shape index (κ1) is 24.5. The van der Waals surface area contributed by atoms with Crippen LogP contribution in [0.2, 0.25) is 5.02 Å². The zero-order chi connectivity index (χ0) is 25.2. The van der Waals surface area contributed by atoms with Gasteiger partial charge in [-0.05, 0) is 45.4 Å². The first-order valence-corrected chi connectivity index (χ1v) is 11.6. The zero-order valence-corrected chi connectivity index (χ0v) is 20.5. The quantitative estimate of drug-likeness (QED) is 0.437. The van der Waals surface area contributed by atoms with E-state index in [0.717, 1.165) is 5.56 Å². The molecule has 11 heteroatoms. The summed E-state index contributed by atoms with van der Waals surface area (Å²) in [6, 6.07) is 4.74. The van der Waals surface area contributed by atoms with Gasteiger partial charge in [0.05, 0.1) is 28.8 Å². The fourth-order valence-corrected chi connectivity index (χ4v) is 4.09. The largest absolute Gasteiger partial charge is 0.390 e. The molecule has 1 atom stereocenters. The Kier molecular flexibility index (Phi) is 6.95. The lowest BCUT2D eigenvalue weighted by molar-refractivity contribution is -0.122. The Hall–Kier alpha value is -3.63. The molecule has 1 unspecified atom stereocenters. The maximum Gasteiger partial charge on any atom is 0.255 e. The van der Waals surface area contributed by atoms with Gasteiger partial charge in [-0.15, -0.1) is 0 Å². The number of carbonyl (C=O) groups is 2. The fraction of sp³-hybridized carbons (Fsp3) is 0.333. The summed E-state index contributed by atoms with van der Waals surface area (Å²) in [7, 11) is 0. The van der Waals surface area contributed by atoms with Crippen molar-refractivity contribution in [2.45, 2.75) is 45.3 Å². The molecule has 4 rings (SSSR count). The van der Waals surface area contributed by atoms with Gasteiger partial charge in [0, 0.05) is 29.3 Å². The molecule has 1 aromatic carbocycles. The van der Waals surface area contributed by atoms with Gasteiger partial charge < -0.3 is 26.1 Å². The van der Waals surface area contributed by atoms with Crippen LogP contribution in [-0.4, -0.2) is 44.8 Å². The molecule has 1 aromatic heterocycles. The number of hydrogen-bond donors (Lipinski definition) is 4. The van der Waals surface area contributed by atoms with Crippen molar-refractivity contribution in [3.8, 4) is 11.3 Å². The van der Waals surface area contributed by atoms with E-state index in [1.807, 2.05) is 32.9 Å². The van der Waals surface area contributed by atoms with Gasteiger partial charge in [-0.25, -0.2) is 15.4 Å². The van der Waals surface area contributed by atoms with Crippen molar-refractivity contribution in [3.63, 3.8) is 0 Å². The lowest BCUT2D eigenvalue weighted by Gasteiger charge is -2.27. The molecular weight excluding hydrogens is 470 g/mol. The number of nitrogens with one attached hydrogen (secondary N) is 3. The van der Waals surface area contributed by atoms with Crippen molar-refractivity contribution in [1.29, 1.82) is 0 Å². The highest BCUT2D eigenvalue weighted by atomic mass is 35.5. The topological polar surface area (TPSA) is 134 Å². The monoisotopic (exact) mass is 497 g/mol. The van der Waals surface area contributed by atoms with E-state index in [4.69, 9.17) is 22.2 Å². The SMILES string of the molecule is CC(C)(C)NCCC(C(N)=O)N1Cc2ccc(-c3nc(NC4=CNOC=C4)ncc3Cl)cc2C1=O. The van der Waals surface area contributed by atoms with E-state index in [1.165, 1.54) is 17.4 Å².